The maximum absolute atomic E-state index is 13.0. The second kappa shape index (κ2) is 7.26. The minimum atomic E-state index is -3.71. The summed E-state index contributed by atoms with van der Waals surface area (Å²) in [6.45, 7) is 2.28. The third-order valence-electron chi connectivity index (χ3n) is 4.14. The average molecular weight is 396 g/mol. The fourth-order valence-corrected chi connectivity index (χ4v) is 4.98. The Morgan fingerprint density at radius 1 is 0.962 bits per heavy atom. The molecule has 1 aromatic carbocycles. The largest absolute Gasteiger partial charge is 0.335 e. The molecular weight excluding hydrogens is 379 g/mol. The lowest BCUT2D eigenvalue weighted by Crippen LogP contribution is -2.50. The molecule has 6 nitrogen and oxygen atoms in total. The molecule has 0 radical (unpaired) electrons. The second-order valence-corrected chi connectivity index (χ2v) is 8.89. The maximum atomic E-state index is 13.0. The number of carbonyl (C=O) groups excluding carboxylic acids is 2. The molecule has 0 N–H and O–H groups in total. The van der Waals surface area contributed by atoms with Crippen LogP contribution < -0.4 is 0 Å². The van der Waals surface area contributed by atoms with Crippen molar-refractivity contribution in [2.24, 2.45) is 0 Å². The highest BCUT2D eigenvalue weighted by atomic mass is 32.2. The predicted molar refractivity (Wildman–Crippen MR) is 95.4 cm³/mol. The van der Waals surface area contributed by atoms with E-state index in [1.54, 1.807) is 17.0 Å². The highest BCUT2D eigenvalue weighted by Gasteiger charge is 2.30. The number of ketones is 1. The number of amides is 1. The Bertz CT molecular complexity index is 930. The Kier molecular flexibility index (Phi) is 5.22. The molecule has 3 rings (SSSR count). The van der Waals surface area contributed by atoms with Crippen LogP contribution in [0, 0.1) is 5.82 Å². The summed E-state index contributed by atoms with van der Waals surface area (Å²) in [5.41, 5.74) is 0. The summed E-state index contributed by atoms with van der Waals surface area (Å²) in [5, 5.41) is 0. The van der Waals surface area contributed by atoms with Crippen molar-refractivity contribution in [2.75, 3.05) is 26.2 Å². The number of rotatable bonds is 4. The Morgan fingerprint density at radius 2 is 1.54 bits per heavy atom. The molecule has 1 aliphatic heterocycles. The van der Waals surface area contributed by atoms with Crippen molar-refractivity contribution in [1.29, 1.82) is 0 Å². The summed E-state index contributed by atoms with van der Waals surface area (Å²) in [4.78, 5) is 26.5. The molecule has 2 aromatic rings. The van der Waals surface area contributed by atoms with E-state index in [0.717, 1.165) is 23.5 Å². The quantitative estimate of drug-likeness (QED) is 0.743. The van der Waals surface area contributed by atoms with Gasteiger partial charge in [0.05, 0.1) is 14.6 Å². The number of thiophene rings is 1. The monoisotopic (exact) mass is 396 g/mol. The Morgan fingerprint density at radius 3 is 2.08 bits per heavy atom. The highest BCUT2D eigenvalue weighted by molar-refractivity contribution is 7.89. The summed E-state index contributed by atoms with van der Waals surface area (Å²) in [6.07, 6.45) is 0. The first-order chi connectivity index (χ1) is 12.3. The van der Waals surface area contributed by atoms with Crippen molar-refractivity contribution in [2.45, 2.75) is 11.8 Å². The van der Waals surface area contributed by atoms with E-state index in [1.807, 2.05) is 0 Å². The van der Waals surface area contributed by atoms with Crippen molar-refractivity contribution in [3.05, 3.63) is 52.0 Å². The lowest BCUT2D eigenvalue weighted by molar-refractivity contribution is 0.0702. The van der Waals surface area contributed by atoms with Gasteiger partial charge in [-0.15, -0.1) is 11.3 Å². The molecule has 0 saturated carbocycles. The first-order valence-electron chi connectivity index (χ1n) is 7.95. The summed E-state index contributed by atoms with van der Waals surface area (Å²) >= 11 is 1.14. The van der Waals surface area contributed by atoms with Crippen LogP contribution in [0.3, 0.4) is 0 Å². The number of hydrogen-bond donors (Lipinski definition) is 0. The number of nitrogens with zero attached hydrogens (tertiary/aromatic N) is 2. The topological polar surface area (TPSA) is 74.8 Å². The van der Waals surface area contributed by atoms with Crippen molar-refractivity contribution in [3.8, 4) is 0 Å². The third kappa shape index (κ3) is 3.69. The molecule has 1 fully saturated rings. The molecule has 1 amide bonds. The Balaban J connectivity index is 1.67. The van der Waals surface area contributed by atoms with E-state index in [0.29, 0.717) is 9.75 Å². The standard InChI is InChI=1S/C17H17FN2O4S2/c1-12(21)15-6-7-16(25-15)17(22)19-8-10-20(11-9-19)26(23,24)14-4-2-13(18)3-5-14/h2-7H,8-11H2,1H3. The molecule has 26 heavy (non-hydrogen) atoms. The van der Waals surface area contributed by atoms with Crippen LogP contribution in [0.25, 0.3) is 0 Å². The van der Waals surface area contributed by atoms with E-state index >= 15 is 0 Å². The third-order valence-corrected chi connectivity index (χ3v) is 7.23. The second-order valence-electron chi connectivity index (χ2n) is 5.87. The lowest BCUT2D eigenvalue weighted by atomic mass is 10.3. The highest BCUT2D eigenvalue weighted by Crippen LogP contribution is 2.22. The number of sulfonamides is 1. The van der Waals surface area contributed by atoms with Crippen molar-refractivity contribution in [3.63, 3.8) is 0 Å². The van der Waals surface area contributed by atoms with Crippen molar-refractivity contribution >= 4 is 33.1 Å². The lowest BCUT2D eigenvalue weighted by Gasteiger charge is -2.33. The first-order valence-corrected chi connectivity index (χ1v) is 10.2. The summed E-state index contributed by atoms with van der Waals surface area (Å²) in [5.74, 6) is -0.800. The van der Waals surface area contributed by atoms with Gasteiger partial charge in [-0.3, -0.25) is 9.59 Å². The Labute approximate surface area is 154 Å². The van der Waals surface area contributed by atoms with Crippen LogP contribution in [0.15, 0.2) is 41.3 Å². The Hall–Kier alpha value is -2.10. The molecule has 0 aliphatic carbocycles. The van der Waals surface area contributed by atoms with Crippen LogP contribution in [0.5, 0.6) is 0 Å². The number of benzene rings is 1. The molecular formula is C17H17FN2O4S2. The van der Waals surface area contributed by atoms with Crippen LogP contribution in [-0.2, 0) is 10.0 Å². The fraction of sp³-hybridized carbons (Fsp3) is 0.294. The van der Waals surface area contributed by atoms with E-state index < -0.39 is 15.8 Å². The van der Waals surface area contributed by atoms with Gasteiger partial charge < -0.3 is 4.90 Å². The normalized spacial score (nSPS) is 15.8. The number of piperazine rings is 1. The molecule has 1 aliphatic rings. The maximum Gasteiger partial charge on any atom is 0.264 e. The number of halogens is 1. The van der Waals surface area contributed by atoms with E-state index in [4.69, 9.17) is 0 Å². The van der Waals surface area contributed by atoms with Gasteiger partial charge in [0, 0.05) is 26.2 Å². The van der Waals surface area contributed by atoms with Crippen LogP contribution >= 0.6 is 11.3 Å². The summed E-state index contributed by atoms with van der Waals surface area (Å²) in [7, 11) is -3.71. The first kappa shape index (κ1) is 18.7. The molecule has 9 heteroatoms. The SMILES string of the molecule is CC(=O)c1ccc(C(=O)N2CCN(S(=O)(=O)c3ccc(F)cc3)CC2)s1. The molecule has 2 heterocycles. The minimum absolute atomic E-state index is 0.0306. The van der Waals surface area contributed by atoms with Crippen LogP contribution in [0.2, 0.25) is 0 Å². The van der Waals surface area contributed by atoms with Gasteiger partial charge in [0.15, 0.2) is 5.78 Å². The van der Waals surface area contributed by atoms with Gasteiger partial charge in [-0.1, -0.05) is 0 Å². The van der Waals surface area contributed by atoms with E-state index in [2.05, 4.69) is 0 Å². The molecule has 1 saturated heterocycles. The molecule has 0 unspecified atom stereocenters. The zero-order valence-electron chi connectivity index (χ0n) is 14.0. The zero-order chi connectivity index (χ0) is 18.9. The molecule has 0 bridgehead atoms. The predicted octanol–water partition coefficient (Wildman–Crippen LogP) is 2.24. The number of Topliss-reactive ketones (excluding diaryl/α,β-unsaturated/α-hetero) is 1. The van der Waals surface area contributed by atoms with Crippen molar-refractivity contribution in [1.82, 2.24) is 9.21 Å². The van der Waals surface area contributed by atoms with Gasteiger partial charge in [-0.25, -0.2) is 12.8 Å². The smallest absolute Gasteiger partial charge is 0.264 e. The van der Waals surface area contributed by atoms with Gasteiger partial charge in [0.2, 0.25) is 10.0 Å². The number of carbonyl (C=O) groups is 2. The number of hydrogen-bond acceptors (Lipinski definition) is 5. The van der Waals surface area contributed by atoms with Crippen molar-refractivity contribution < 1.29 is 22.4 Å². The van der Waals surface area contributed by atoms with E-state index in [9.17, 15) is 22.4 Å². The van der Waals surface area contributed by atoms with E-state index in [1.165, 1.54) is 23.4 Å². The molecule has 0 spiro atoms. The molecule has 0 atom stereocenters. The van der Waals surface area contributed by atoms with E-state index in [-0.39, 0.29) is 42.8 Å². The van der Waals surface area contributed by atoms with Gasteiger partial charge in [-0.05, 0) is 43.3 Å². The minimum Gasteiger partial charge on any atom is -0.335 e. The molecule has 1 aromatic heterocycles. The van der Waals surface area contributed by atoms with Gasteiger partial charge >= 0.3 is 0 Å². The zero-order valence-corrected chi connectivity index (χ0v) is 15.6. The van der Waals surface area contributed by atoms with Crippen LogP contribution in [0.4, 0.5) is 4.39 Å². The summed E-state index contributed by atoms with van der Waals surface area (Å²) < 4.78 is 39.5. The van der Waals surface area contributed by atoms with Gasteiger partial charge in [0.1, 0.15) is 5.82 Å². The fourth-order valence-electron chi connectivity index (χ4n) is 2.69. The van der Waals surface area contributed by atoms with Gasteiger partial charge in [-0.2, -0.15) is 4.31 Å². The summed E-state index contributed by atoms with van der Waals surface area (Å²) in [6, 6.07) is 7.92. The van der Waals surface area contributed by atoms with Crippen LogP contribution in [-0.4, -0.2) is 55.5 Å². The average Bonchev–Trinajstić information content (AvgIpc) is 3.12. The molecule has 138 valence electrons. The van der Waals surface area contributed by atoms with Crippen LogP contribution in [0.1, 0.15) is 26.3 Å². The van der Waals surface area contributed by atoms with Gasteiger partial charge in [0.25, 0.3) is 5.91 Å².